The number of fused-ring (bicyclic) bond motifs is 1. The maximum Gasteiger partial charge on any atom is 0.262 e. The molecule has 1 N–H and O–H groups in total. The highest BCUT2D eigenvalue weighted by molar-refractivity contribution is 6.39. The van der Waals surface area contributed by atoms with Crippen LogP contribution in [0, 0.1) is 6.92 Å². The summed E-state index contributed by atoms with van der Waals surface area (Å²) in [7, 11) is 0. The van der Waals surface area contributed by atoms with E-state index in [1.807, 2.05) is 49.4 Å². The number of ether oxygens (including phenoxy) is 1. The second-order valence-electron chi connectivity index (χ2n) is 6.94. The molecule has 0 atom stereocenters. The number of halogens is 2. The number of hydrogen-bond acceptors (Lipinski definition) is 5. The maximum absolute atomic E-state index is 12.4. The molecule has 8 heteroatoms. The van der Waals surface area contributed by atoms with Crippen LogP contribution in [0.25, 0.3) is 10.9 Å². The first-order valence-corrected chi connectivity index (χ1v) is 10.5. The average Bonchev–Trinajstić information content (AvgIpc) is 2.79. The van der Waals surface area contributed by atoms with E-state index in [0.29, 0.717) is 38.1 Å². The predicted molar refractivity (Wildman–Crippen MR) is 128 cm³/mol. The molecule has 0 radical (unpaired) electrons. The summed E-state index contributed by atoms with van der Waals surface area (Å²) >= 11 is 12.5. The van der Waals surface area contributed by atoms with Crippen LogP contribution in [0.3, 0.4) is 0 Å². The number of aromatic nitrogens is 1. The third kappa shape index (κ3) is 5.22. The summed E-state index contributed by atoms with van der Waals surface area (Å²) in [5.74, 6) is -0.0166. The van der Waals surface area contributed by atoms with Crippen molar-refractivity contribution in [3.63, 3.8) is 0 Å². The number of carbonyl (C=O) groups is 1. The summed E-state index contributed by atoms with van der Waals surface area (Å²) in [6, 6.07) is 21.7. The highest BCUT2D eigenvalue weighted by Crippen LogP contribution is 2.37. The van der Waals surface area contributed by atoms with Crippen molar-refractivity contribution in [3.05, 3.63) is 88.5 Å². The van der Waals surface area contributed by atoms with E-state index in [0.717, 1.165) is 11.4 Å². The van der Waals surface area contributed by atoms with Crippen LogP contribution in [0.4, 0.5) is 17.1 Å². The lowest BCUT2D eigenvalue weighted by atomic mass is 10.2. The monoisotopic (exact) mass is 464 g/mol. The Balaban J connectivity index is 1.40. The molecule has 0 aliphatic rings. The Bertz CT molecular complexity index is 1290. The highest BCUT2D eigenvalue weighted by atomic mass is 35.5. The van der Waals surface area contributed by atoms with Crippen LogP contribution in [0.1, 0.15) is 5.69 Å². The van der Waals surface area contributed by atoms with E-state index >= 15 is 0 Å². The number of carbonyl (C=O) groups excluding carboxylic acids is 1. The molecule has 0 aliphatic carbocycles. The van der Waals surface area contributed by atoms with Gasteiger partial charge in [0, 0.05) is 16.8 Å². The smallest absolute Gasteiger partial charge is 0.262 e. The molecule has 0 saturated heterocycles. The molecule has 0 bridgehead atoms. The number of anilines is 1. The predicted octanol–water partition coefficient (Wildman–Crippen LogP) is 7.28. The van der Waals surface area contributed by atoms with Crippen molar-refractivity contribution in [3.8, 4) is 5.75 Å². The van der Waals surface area contributed by atoms with Crippen molar-refractivity contribution in [2.75, 3.05) is 11.9 Å². The van der Waals surface area contributed by atoms with Crippen molar-refractivity contribution in [2.24, 2.45) is 10.2 Å². The highest BCUT2D eigenvalue weighted by Gasteiger charge is 2.15. The van der Waals surface area contributed by atoms with E-state index in [2.05, 4.69) is 20.5 Å². The van der Waals surface area contributed by atoms with Gasteiger partial charge in [0.15, 0.2) is 12.4 Å². The largest absolute Gasteiger partial charge is 0.480 e. The van der Waals surface area contributed by atoms with Crippen LogP contribution >= 0.6 is 23.2 Å². The third-order valence-electron chi connectivity index (χ3n) is 4.51. The van der Waals surface area contributed by atoms with Gasteiger partial charge in [0.1, 0.15) is 5.52 Å². The summed E-state index contributed by atoms with van der Waals surface area (Å²) in [5.41, 5.74) is 3.35. The number of benzene rings is 3. The molecule has 3 aromatic carbocycles. The molecule has 6 nitrogen and oxygen atoms in total. The normalized spacial score (nSPS) is 11.1. The van der Waals surface area contributed by atoms with Crippen LogP contribution in [0.5, 0.6) is 5.75 Å². The van der Waals surface area contributed by atoms with Crippen LogP contribution < -0.4 is 10.1 Å². The van der Waals surface area contributed by atoms with Crippen molar-refractivity contribution in [2.45, 2.75) is 6.92 Å². The minimum atomic E-state index is -0.338. The number of hydrogen-bond donors (Lipinski definition) is 1. The maximum atomic E-state index is 12.4. The van der Waals surface area contributed by atoms with Crippen LogP contribution in [-0.4, -0.2) is 17.5 Å². The number of pyridine rings is 1. The minimum Gasteiger partial charge on any atom is -0.480 e. The molecule has 1 heterocycles. The van der Waals surface area contributed by atoms with E-state index in [9.17, 15) is 4.79 Å². The van der Waals surface area contributed by atoms with E-state index in [4.69, 9.17) is 27.9 Å². The van der Waals surface area contributed by atoms with Gasteiger partial charge in [-0.05, 0) is 61.5 Å². The quantitative estimate of drug-likeness (QED) is 0.304. The first-order valence-electron chi connectivity index (χ1n) is 9.74. The van der Waals surface area contributed by atoms with Gasteiger partial charge in [-0.25, -0.2) is 4.98 Å². The molecule has 0 fully saturated rings. The number of nitrogens with zero attached hydrogens (tertiary/aromatic N) is 3. The van der Waals surface area contributed by atoms with Gasteiger partial charge in [-0.1, -0.05) is 41.4 Å². The topological polar surface area (TPSA) is 75.9 Å². The molecule has 0 unspecified atom stereocenters. The van der Waals surface area contributed by atoms with Gasteiger partial charge < -0.3 is 10.1 Å². The second-order valence-corrected chi connectivity index (χ2v) is 7.75. The third-order valence-corrected chi connectivity index (χ3v) is 5.11. The Morgan fingerprint density at radius 1 is 0.938 bits per heavy atom. The van der Waals surface area contributed by atoms with Gasteiger partial charge in [0.05, 0.1) is 21.4 Å². The number of azo groups is 1. The summed E-state index contributed by atoms with van der Waals surface area (Å²) in [4.78, 5) is 16.9. The molecular formula is C24H18Cl2N4O2. The van der Waals surface area contributed by atoms with Crippen LogP contribution in [0.15, 0.2) is 83.0 Å². The van der Waals surface area contributed by atoms with Crippen LogP contribution in [-0.2, 0) is 4.79 Å². The first-order chi connectivity index (χ1) is 15.5. The fourth-order valence-corrected chi connectivity index (χ4v) is 3.55. The zero-order chi connectivity index (χ0) is 22.5. The van der Waals surface area contributed by atoms with E-state index in [1.54, 1.807) is 30.3 Å². The minimum absolute atomic E-state index is 0.235. The van der Waals surface area contributed by atoms with Gasteiger partial charge in [-0.3, -0.25) is 4.79 Å². The molecule has 0 spiro atoms. The zero-order valence-corrected chi connectivity index (χ0v) is 18.6. The Morgan fingerprint density at radius 3 is 2.34 bits per heavy atom. The SMILES string of the molecule is Cc1ccc2c(Cl)cc(Cl)c(OCC(=O)Nc3ccc(N=Nc4ccccc4)cc3)c2n1. The molecule has 32 heavy (non-hydrogen) atoms. The van der Waals surface area contributed by atoms with Gasteiger partial charge in [-0.15, -0.1) is 0 Å². The van der Waals surface area contributed by atoms with E-state index in [-0.39, 0.29) is 12.5 Å². The lowest BCUT2D eigenvalue weighted by molar-refractivity contribution is -0.118. The van der Waals surface area contributed by atoms with Crippen molar-refractivity contribution in [1.29, 1.82) is 0 Å². The average molecular weight is 465 g/mol. The van der Waals surface area contributed by atoms with Crippen molar-refractivity contribution < 1.29 is 9.53 Å². The van der Waals surface area contributed by atoms with E-state index < -0.39 is 0 Å². The second kappa shape index (κ2) is 9.77. The Morgan fingerprint density at radius 2 is 1.62 bits per heavy atom. The van der Waals surface area contributed by atoms with Gasteiger partial charge in [0.25, 0.3) is 5.91 Å². The summed E-state index contributed by atoms with van der Waals surface area (Å²) in [6.07, 6.45) is 0. The molecule has 4 aromatic rings. The number of amides is 1. The fourth-order valence-electron chi connectivity index (χ4n) is 2.98. The number of aryl methyl sites for hydroxylation is 1. The Kier molecular flexibility index (Phi) is 6.63. The summed E-state index contributed by atoms with van der Waals surface area (Å²) in [5, 5.41) is 12.6. The standard InChI is InChI=1S/C24H18Cl2N4O2/c1-15-7-12-19-20(25)13-21(26)24(23(19)27-15)32-14-22(31)28-16-8-10-18(11-9-16)30-29-17-5-3-2-4-6-17/h2-13H,14H2,1H3,(H,28,31). The molecular weight excluding hydrogens is 447 g/mol. The fraction of sp³-hybridized carbons (Fsp3) is 0.0833. The van der Waals surface area contributed by atoms with Crippen LogP contribution in [0.2, 0.25) is 10.0 Å². The molecule has 0 saturated carbocycles. The first kappa shape index (κ1) is 21.7. The van der Waals surface area contributed by atoms with Crippen molar-refractivity contribution >= 4 is 57.1 Å². The van der Waals surface area contributed by atoms with E-state index in [1.165, 1.54) is 0 Å². The summed E-state index contributed by atoms with van der Waals surface area (Å²) in [6.45, 7) is 1.62. The molecule has 1 aromatic heterocycles. The number of rotatable bonds is 6. The molecule has 160 valence electrons. The Labute approximate surface area is 194 Å². The zero-order valence-electron chi connectivity index (χ0n) is 17.0. The lowest BCUT2D eigenvalue weighted by Gasteiger charge is -2.12. The molecule has 1 amide bonds. The van der Waals surface area contributed by atoms with Crippen molar-refractivity contribution in [1.82, 2.24) is 4.98 Å². The number of nitrogens with one attached hydrogen (secondary N) is 1. The van der Waals surface area contributed by atoms with Gasteiger partial charge >= 0.3 is 0 Å². The Hall–Kier alpha value is -3.48. The summed E-state index contributed by atoms with van der Waals surface area (Å²) < 4.78 is 5.71. The van der Waals surface area contributed by atoms with Gasteiger partial charge in [-0.2, -0.15) is 10.2 Å². The van der Waals surface area contributed by atoms with Gasteiger partial charge in [0.2, 0.25) is 0 Å². The molecule has 4 rings (SSSR count). The lowest BCUT2D eigenvalue weighted by Crippen LogP contribution is -2.20. The molecule has 0 aliphatic heterocycles.